The molecule has 0 aliphatic carbocycles. The number of carbonyl (C=O) groups excluding carboxylic acids is 1. The number of thiazole rings is 1. The van der Waals surface area contributed by atoms with E-state index in [0.717, 1.165) is 43.2 Å². The van der Waals surface area contributed by atoms with Gasteiger partial charge in [0.2, 0.25) is 5.91 Å². The first kappa shape index (κ1) is 19.8. The summed E-state index contributed by atoms with van der Waals surface area (Å²) in [5, 5.41) is 6.25. The van der Waals surface area contributed by atoms with Crippen molar-refractivity contribution in [2.24, 2.45) is 11.8 Å². The van der Waals surface area contributed by atoms with E-state index < -0.39 is 0 Å². The molecule has 0 spiro atoms. The van der Waals surface area contributed by atoms with Crippen LogP contribution in [0.25, 0.3) is 0 Å². The molecule has 1 aromatic heterocycles. The molecule has 2 aromatic rings. The van der Waals surface area contributed by atoms with Crippen molar-refractivity contribution < 1.29 is 9.53 Å². The van der Waals surface area contributed by atoms with Crippen molar-refractivity contribution in [3.8, 4) is 5.75 Å². The number of piperidine rings is 1. The van der Waals surface area contributed by atoms with Gasteiger partial charge in [0.05, 0.1) is 13.2 Å². The van der Waals surface area contributed by atoms with E-state index in [0.29, 0.717) is 5.92 Å². The third-order valence-electron chi connectivity index (χ3n) is 5.14. The molecule has 1 saturated heterocycles. The van der Waals surface area contributed by atoms with Crippen molar-refractivity contribution in [3.63, 3.8) is 0 Å². The monoisotopic (exact) mass is 387 g/mol. The van der Waals surface area contributed by atoms with Crippen LogP contribution in [0.3, 0.4) is 0 Å². The Hall–Kier alpha value is -1.92. The van der Waals surface area contributed by atoms with Crippen molar-refractivity contribution >= 4 is 17.2 Å². The van der Waals surface area contributed by atoms with E-state index in [1.807, 2.05) is 37.6 Å². The molecule has 0 radical (unpaired) electrons. The molecule has 6 heteroatoms. The molecule has 3 rings (SSSR count). The number of aromatic nitrogens is 1. The van der Waals surface area contributed by atoms with E-state index in [1.54, 1.807) is 18.4 Å². The van der Waals surface area contributed by atoms with Crippen molar-refractivity contribution in [1.82, 2.24) is 15.2 Å². The molecule has 1 N–H and O–H groups in total. The van der Waals surface area contributed by atoms with Crippen molar-refractivity contribution in [1.29, 1.82) is 0 Å². The Labute approximate surface area is 165 Å². The maximum absolute atomic E-state index is 12.4. The lowest BCUT2D eigenvalue weighted by atomic mass is 9.90. The average Bonchev–Trinajstić information content (AvgIpc) is 3.21. The average molecular weight is 388 g/mol. The van der Waals surface area contributed by atoms with E-state index in [-0.39, 0.29) is 17.9 Å². The first-order chi connectivity index (χ1) is 13.1. The Bertz CT molecular complexity index is 733. The van der Waals surface area contributed by atoms with Gasteiger partial charge in [0.15, 0.2) is 0 Å². The number of hydrogen-bond acceptors (Lipinski definition) is 5. The Balaban J connectivity index is 1.73. The predicted octanol–water partition coefficient (Wildman–Crippen LogP) is 3.88. The van der Waals surface area contributed by atoms with Crippen LogP contribution in [0.2, 0.25) is 0 Å². The standard InChI is InChI=1S/C21H29N3O2S/c1-15(2)20(25)23-19(21-22-10-12-27-21)17-8-6-11-24(14-17)13-16-7-4-5-9-18(16)26-3/h4-5,7,9-10,12,15,17,19H,6,8,11,13-14H2,1-3H3,(H,23,25)/t17-,19+/m1/s1. The van der Waals surface area contributed by atoms with Crippen molar-refractivity contribution in [2.75, 3.05) is 20.2 Å². The van der Waals surface area contributed by atoms with Gasteiger partial charge >= 0.3 is 0 Å². The Morgan fingerprint density at radius 1 is 1.41 bits per heavy atom. The number of rotatable bonds is 7. The third kappa shape index (κ3) is 5.08. The predicted molar refractivity (Wildman–Crippen MR) is 109 cm³/mol. The lowest BCUT2D eigenvalue weighted by Crippen LogP contribution is -2.43. The van der Waals surface area contributed by atoms with Gasteiger partial charge in [0.25, 0.3) is 0 Å². The molecule has 1 aromatic carbocycles. The van der Waals surface area contributed by atoms with Crippen LogP contribution in [0.4, 0.5) is 0 Å². The molecule has 0 unspecified atom stereocenters. The van der Waals surface area contributed by atoms with Gasteiger partial charge in [-0.05, 0) is 31.4 Å². The molecule has 1 aliphatic rings. The van der Waals surface area contributed by atoms with Crippen LogP contribution in [0.1, 0.15) is 43.3 Å². The lowest BCUT2D eigenvalue weighted by molar-refractivity contribution is -0.125. The summed E-state index contributed by atoms with van der Waals surface area (Å²) in [7, 11) is 1.72. The maximum Gasteiger partial charge on any atom is 0.223 e. The Morgan fingerprint density at radius 2 is 2.22 bits per heavy atom. The molecule has 0 saturated carbocycles. The fourth-order valence-electron chi connectivity index (χ4n) is 3.67. The zero-order chi connectivity index (χ0) is 19.2. The number of nitrogens with zero attached hydrogens (tertiary/aromatic N) is 2. The highest BCUT2D eigenvalue weighted by Crippen LogP contribution is 2.32. The zero-order valence-electron chi connectivity index (χ0n) is 16.4. The maximum atomic E-state index is 12.4. The summed E-state index contributed by atoms with van der Waals surface area (Å²) in [5.41, 5.74) is 1.21. The summed E-state index contributed by atoms with van der Waals surface area (Å²) >= 11 is 1.63. The molecular weight excluding hydrogens is 358 g/mol. The van der Waals surface area contributed by atoms with E-state index in [9.17, 15) is 4.79 Å². The minimum absolute atomic E-state index is 0.0135. The summed E-state index contributed by atoms with van der Waals surface area (Å²) in [4.78, 5) is 19.4. The van der Waals surface area contributed by atoms with Gasteiger partial charge in [0, 0.05) is 36.1 Å². The Kier molecular flexibility index (Phi) is 6.85. The van der Waals surface area contributed by atoms with E-state index in [1.165, 1.54) is 5.56 Å². The second-order valence-corrected chi connectivity index (χ2v) is 8.39. The van der Waals surface area contributed by atoms with Gasteiger partial charge in [-0.25, -0.2) is 4.98 Å². The van der Waals surface area contributed by atoms with Crippen molar-refractivity contribution in [3.05, 3.63) is 46.4 Å². The first-order valence-electron chi connectivity index (χ1n) is 9.62. The van der Waals surface area contributed by atoms with Crippen LogP contribution in [-0.2, 0) is 11.3 Å². The van der Waals surface area contributed by atoms with E-state index in [2.05, 4.69) is 27.3 Å². The fraction of sp³-hybridized carbons (Fsp3) is 0.524. The number of hydrogen-bond donors (Lipinski definition) is 1. The van der Waals surface area contributed by atoms with Crippen molar-refractivity contribution in [2.45, 2.75) is 39.3 Å². The summed E-state index contributed by atoms with van der Waals surface area (Å²) in [6, 6.07) is 8.18. The smallest absolute Gasteiger partial charge is 0.223 e. The number of ether oxygens (including phenoxy) is 1. The van der Waals surface area contributed by atoms with Gasteiger partial charge in [-0.15, -0.1) is 11.3 Å². The van der Waals surface area contributed by atoms with Crippen LogP contribution < -0.4 is 10.1 Å². The molecule has 1 aliphatic heterocycles. The highest BCUT2D eigenvalue weighted by atomic mass is 32.1. The van der Waals surface area contributed by atoms with Crippen LogP contribution in [0.5, 0.6) is 5.75 Å². The Morgan fingerprint density at radius 3 is 2.93 bits per heavy atom. The van der Waals surface area contributed by atoms with Crippen LogP contribution in [0.15, 0.2) is 35.8 Å². The highest BCUT2D eigenvalue weighted by Gasteiger charge is 2.31. The second-order valence-electron chi connectivity index (χ2n) is 7.46. The topological polar surface area (TPSA) is 54.5 Å². The van der Waals surface area contributed by atoms with Gasteiger partial charge in [0.1, 0.15) is 10.8 Å². The van der Waals surface area contributed by atoms with E-state index in [4.69, 9.17) is 4.74 Å². The third-order valence-corrected chi connectivity index (χ3v) is 6.00. The molecule has 2 atom stereocenters. The number of likely N-dealkylation sites (tertiary alicyclic amines) is 1. The molecular formula is C21H29N3O2S. The second kappa shape index (κ2) is 9.33. The number of nitrogens with one attached hydrogen (secondary N) is 1. The summed E-state index contributed by atoms with van der Waals surface area (Å²) in [6.07, 6.45) is 4.05. The van der Waals surface area contributed by atoms with E-state index >= 15 is 0 Å². The number of amides is 1. The molecule has 146 valence electrons. The van der Waals surface area contributed by atoms with Crippen LogP contribution >= 0.6 is 11.3 Å². The number of carbonyl (C=O) groups is 1. The quantitative estimate of drug-likeness (QED) is 0.783. The summed E-state index contributed by atoms with van der Waals surface area (Å²) in [6.45, 7) is 6.74. The number of methoxy groups -OCH3 is 1. The SMILES string of the molecule is COc1ccccc1CN1CCC[C@@H]([C@H](NC(=O)C(C)C)c2nccs2)C1. The zero-order valence-corrected chi connectivity index (χ0v) is 17.2. The highest BCUT2D eigenvalue weighted by molar-refractivity contribution is 7.09. The summed E-state index contributed by atoms with van der Waals surface area (Å²) < 4.78 is 5.51. The minimum Gasteiger partial charge on any atom is -0.496 e. The molecule has 0 bridgehead atoms. The van der Waals surface area contributed by atoms with Gasteiger partial charge in [-0.1, -0.05) is 32.0 Å². The minimum atomic E-state index is -0.0271. The fourth-order valence-corrected chi connectivity index (χ4v) is 4.45. The van der Waals surface area contributed by atoms with Gasteiger partial charge in [-0.2, -0.15) is 0 Å². The van der Waals surface area contributed by atoms with Gasteiger partial charge < -0.3 is 10.1 Å². The number of benzene rings is 1. The molecule has 1 fully saturated rings. The van der Waals surface area contributed by atoms with Gasteiger partial charge in [-0.3, -0.25) is 9.69 Å². The molecule has 27 heavy (non-hydrogen) atoms. The normalized spacial score (nSPS) is 19.0. The summed E-state index contributed by atoms with van der Waals surface area (Å²) in [5.74, 6) is 1.37. The first-order valence-corrected chi connectivity index (χ1v) is 10.5. The molecule has 2 heterocycles. The lowest BCUT2D eigenvalue weighted by Gasteiger charge is -2.37. The van der Waals surface area contributed by atoms with Crippen LogP contribution in [0, 0.1) is 11.8 Å². The largest absolute Gasteiger partial charge is 0.496 e. The number of para-hydroxylation sites is 1. The molecule has 1 amide bonds. The van der Waals surface area contributed by atoms with Crippen LogP contribution in [-0.4, -0.2) is 36.0 Å². The molecule has 5 nitrogen and oxygen atoms in total.